The topological polar surface area (TPSA) is 119 Å². The fourth-order valence-electron chi connectivity index (χ4n) is 4.10. The third-order valence-corrected chi connectivity index (χ3v) is 6.10. The normalized spacial score (nSPS) is 25.1. The van der Waals surface area contributed by atoms with Crippen LogP contribution in [0, 0.1) is 0 Å². The van der Waals surface area contributed by atoms with E-state index in [-0.39, 0.29) is 13.1 Å². The molecule has 31 heavy (non-hydrogen) atoms. The highest BCUT2D eigenvalue weighted by atomic mass is 16.5. The molecule has 0 bridgehead atoms. The standard InChI is InChI=1S/C22H39N3O6/c1-3-5-6-7-8-9-10-11-12-13-16(26)19(28)20-17(27)14-18(31-20)25-15-24(4-2)21(29)23-22(25)30/h16-18,20,26-27H,3-15H2,1-2H3,(H,23,29,30)/t16?,17-,18+,20-/m0/s1. The smallest absolute Gasteiger partial charge is 0.328 e. The van der Waals surface area contributed by atoms with Gasteiger partial charge in [-0.25, -0.2) is 9.59 Å². The first kappa shape index (κ1) is 25.5. The second-order valence-electron chi connectivity index (χ2n) is 8.55. The quantitative estimate of drug-likeness (QED) is 0.357. The molecule has 0 aromatic heterocycles. The lowest BCUT2D eigenvalue weighted by atomic mass is 9.99. The van der Waals surface area contributed by atoms with E-state index in [4.69, 9.17) is 4.74 Å². The SMILES string of the molecule is CCCCCCCCCCCC(O)C(=O)[C@H]1O[C@@H](N2CN(CC)C(=O)NC2=O)C[C@@H]1O. The third-order valence-electron chi connectivity index (χ3n) is 6.10. The molecule has 0 aliphatic carbocycles. The van der Waals surface area contributed by atoms with Crippen LogP contribution in [-0.4, -0.2) is 75.6 Å². The maximum absolute atomic E-state index is 12.6. The summed E-state index contributed by atoms with van der Waals surface area (Å²) < 4.78 is 5.65. The van der Waals surface area contributed by atoms with Crippen molar-refractivity contribution >= 4 is 17.8 Å². The van der Waals surface area contributed by atoms with Crippen molar-refractivity contribution in [2.75, 3.05) is 13.2 Å². The molecule has 2 rings (SSSR count). The van der Waals surface area contributed by atoms with Crippen LogP contribution in [0.25, 0.3) is 0 Å². The maximum atomic E-state index is 12.6. The van der Waals surface area contributed by atoms with Gasteiger partial charge in [0.05, 0.1) is 6.10 Å². The van der Waals surface area contributed by atoms with Gasteiger partial charge < -0.3 is 19.8 Å². The molecule has 2 saturated heterocycles. The second kappa shape index (κ2) is 13.0. The lowest BCUT2D eigenvalue weighted by molar-refractivity contribution is -0.146. The molecular weight excluding hydrogens is 402 g/mol. The number of urea groups is 2. The van der Waals surface area contributed by atoms with Crippen molar-refractivity contribution in [3.8, 4) is 0 Å². The minimum Gasteiger partial charge on any atom is -0.390 e. The van der Waals surface area contributed by atoms with E-state index in [2.05, 4.69) is 12.2 Å². The Morgan fingerprint density at radius 1 is 1.06 bits per heavy atom. The lowest BCUT2D eigenvalue weighted by Crippen LogP contribution is -2.61. The Kier molecular flexibility index (Phi) is 10.7. The van der Waals surface area contributed by atoms with E-state index in [1.807, 2.05) is 0 Å². The number of nitrogens with zero attached hydrogens (tertiary/aromatic N) is 2. The number of Topliss-reactive ketones (excluding diaryl/α,β-unsaturated/α-hetero) is 1. The summed E-state index contributed by atoms with van der Waals surface area (Å²) in [7, 11) is 0. The molecule has 0 saturated carbocycles. The van der Waals surface area contributed by atoms with Gasteiger partial charge in [-0.3, -0.25) is 15.0 Å². The van der Waals surface area contributed by atoms with E-state index in [1.165, 1.54) is 48.3 Å². The Balaban J connectivity index is 1.71. The number of amides is 4. The van der Waals surface area contributed by atoms with Gasteiger partial charge in [-0.05, 0) is 13.3 Å². The van der Waals surface area contributed by atoms with E-state index >= 15 is 0 Å². The Morgan fingerprint density at radius 3 is 2.29 bits per heavy atom. The number of unbranched alkanes of at least 4 members (excludes halogenated alkanes) is 8. The van der Waals surface area contributed by atoms with Gasteiger partial charge in [0.25, 0.3) is 0 Å². The van der Waals surface area contributed by atoms with Crippen LogP contribution >= 0.6 is 0 Å². The summed E-state index contributed by atoms with van der Waals surface area (Å²) in [5.41, 5.74) is 0. The number of rotatable bonds is 14. The lowest BCUT2D eigenvalue weighted by Gasteiger charge is -2.37. The van der Waals surface area contributed by atoms with Crippen molar-refractivity contribution < 1.29 is 29.3 Å². The van der Waals surface area contributed by atoms with Crippen LogP contribution in [0.3, 0.4) is 0 Å². The molecule has 2 fully saturated rings. The molecule has 2 aliphatic rings. The summed E-state index contributed by atoms with van der Waals surface area (Å²) in [6, 6.07) is -1.10. The van der Waals surface area contributed by atoms with Crippen molar-refractivity contribution in [1.82, 2.24) is 15.1 Å². The van der Waals surface area contributed by atoms with Crippen molar-refractivity contribution in [3.05, 3.63) is 0 Å². The zero-order chi connectivity index (χ0) is 22.8. The fraction of sp³-hybridized carbons (Fsp3) is 0.864. The first-order valence-corrected chi connectivity index (χ1v) is 11.8. The van der Waals surface area contributed by atoms with E-state index in [0.29, 0.717) is 13.0 Å². The third kappa shape index (κ3) is 7.43. The predicted molar refractivity (Wildman–Crippen MR) is 115 cm³/mol. The number of aliphatic hydroxyl groups excluding tert-OH is 2. The van der Waals surface area contributed by atoms with Crippen LogP contribution < -0.4 is 5.32 Å². The molecule has 9 nitrogen and oxygen atoms in total. The molecule has 9 heteroatoms. The molecule has 1 unspecified atom stereocenters. The van der Waals surface area contributed by atoms with Crippen LogP contribution in [0.4, 0.5) is 9.59 Å². The molecule has 4 amide bonds. The van der Waals surface area contributed by atoms with Crippen LogP contribution in [0.2, 0.25) is 0 Å². The summed E-state index contributed by atoms with van der Waals surface area (Å²) in [6.45, 7) is 4.42. The predicted octanol–water partition coefficient (Wildman–Crippen LogP) is 2.74. The highest BCUT2D eigenvalue weighted by Gasteiger charge is 2.45. The van der Waals surface area contributed by atoms with Crippen LogP contribution in [0.5, 0.6) is 0 Å². The van der Waals surface area contributed by atoms with Crippen LogP contribution in [-0.2, 0) is 9.53 Å². The number of ether oxygens (including phenoxy) is 1. The summed E-state index contributed by atoms with van der Waals surface area (Å²) in [5, 5.41) is 22.8. The van der Waals surface area contributed by atoms with E-state index in [1.54, 1.807) is 6.92 Å². The average molecular weight is 442 g/mol. The Hall–Kier alpha value is -1.71. The number of carbonyl (C=O) groups excluding carboxylic acids is 3. The number of hydrogen-bond donors (Lipinski definition) is 3. The zero-order valence-corrected chi connectivity index (χ0v) is 18.9. The number of nitrogens with one attached hydrogen (secondary N) is 1. The number of hydrogen-bond acceptors (Lipinski definition) is 6. The van der Waals surface area contributed by atoms with Gasteiger partial charge in [-0.15, -0.1) is 0 Å². The van der Waals surface area contributed by atoms with Crippen molar-refractivity contribution in [1.29, 1.82) is 0 Å². The van der Waals surface area contributed by atoms with Gasteiger partial charge in [0, 0.05) is 13.0 Å². The number of carbonyl (C=O) groups is 3. The number of aliphatic hydroxyl groups is 2. The first-order valence-electron chi connectivity index (χ1n) is 11.8. The second-order valence-corrected chi connectivity index (χ2v) is 8.55. The Morgan fingerprint density at radius 2 is 1.68 bits per heavy atom. The molecule has 0 radical (unpaired) electrons. The zero-order valence-electron chi connectivity index (χ0n) is 18.9. The van der Waals surface area contributed by atoms with Gasteiger partial charge in [-0.2, -0.15) is 0 Å². The van der Waals surface area contributed by atoms with Gasteiger partial charge in [0.1, 0.15) is 25.1 Å². The average Bonchev–Trinajstić information content (AvgIpc) is 3.13. The molecule has 2 heterocycles. The van der Waals surface area contributed by atoms with Gasteiger partial charge in [-0.1, -0.05) is 64.7 Å². The van der Waals surface area contributed by atoms with Crippen molar-refractivity contribution in [2.24, 2.45) is 0 Å². The van der Waals surface area contributed by atoms with E-state index < -0.39 is 42.4 Å². The summed E-state index contributed by atoms with van der Waals surface area (Å²) in [6.07, 6.45) is 6.42. The van der Waals surface area contributed by atoms with E-state index in [0.717, 1.165) is 19.3 Å². The molecule has 4 atom stereocenters. The summed E-state index contributed by atoms with van der Waals surface area (Å²) in [4.78, 5) is 39.2. The monoisotopic (exact) mass is 441 g/mol. The fourth-order valence-corrected chi connectivity index (χ4v) is 4.10. The molecular formula is C22H39N3O6. The molecule has 178 valence electrons. The van der Waals surface area contributed by atoms with Gasteiger partial charge >= 0.3 is 12.1 Å². The van der Waals surface area contributed by atoms with Crippen LogP contribution in [0.15, 0.2) is 0 Å². The maximum Gasteiger partial charge on any atom is 0.328 e. The summed E-state index contributed by atoms with van der Waals surface area (Å²) >= 11 is 0. The first-order chi connectivity index (χ1) is 14.9. The molecule has 0 aromatic carbocycles. The number of imide groups is 1. The van der Waals surface area contributed by atoms with Crippen molar-refractivity contribution in [3.63, 3.8) is 0 Å². The van der Waals surface area contributed by atoms with Crippen molar-refractivity contribution in [2.45, 2.75) is 109 Å². The molecule has 2 aliphatic heterocycles. The Bertz CT molecular complexity index is 602. The highest BCUT2D eigenvalue weighted by molar-refractivity contribution is 5.95. The minimum atomic E-state index is -1.19. The molecule has 3 N–H and O–H groups in total. The van der Waals surface area contributed by atoms with Gasteiger partial charge in [0.2, 0.25) is 0 Å². The Labute approximate surface area is 185 Å². The highest BCUT2D eigenvalue weighted by Crippen LogP contribution is 2.27. The molecule has 0 spiro atoms. The largest absolute Gasteiger partial charge is 0.390 e. The summed E-state index contributed by atoms with van der Waals surface area (Å²) in [5.74, 6) is -0.546. The van der Waals surface area contributed by atoms with E-state index in [9.17, 15) is 24.6 Å². The minimum absolute atomic E-state index is 0.0282. The molecule has 0 aromatic rings. The van der Waals surface area contributed by atoms with Crippen LogP contribution in [0.1, 0.15) is 84.5 Å². The number of ketones is 1. The van der Waals surface area contributed by atoms with Gasteiger partial charge in [0.15, 0.2) is 5.78 Å².